The average molecular weight is 429 g/mol. The van der Waals surface area contributed by atoms with Gasteiger partial charge in [-0.2, -0.15) is 13.2 Å². The van der Waals surface area contributed by atoms with E-state index in [0.717, 1.165) is 12.1 Å². The molecule has 4 rings (SSSR count). The second-order valence-electron chi connectivity index (χ2n) is 7.28. The number of carboxylic acid groups (broad SMARTS) is 1. The number of alkyl halides is 3. The van der Waals surface area contributed by atoms with Gasteiger partial charge in [-0.15, -0.1) is 0 Å². The molecule has 0 radical (unpaired) electrons. The standard InChI is InChI=1S/C22H18F3N3O3/c23-22(24,25)14-6-7-17-15(10-14)19(21(30)31)16(11-28-9-8-26-18(29)12-28)20(27-17)13-4-2-1-3-5-13/h1-7,10H,8-9,11-12H2,(H,26,29)(H,30,31). The number of pyridine rings is 1. The van der Waals surface area contributed by atoms with Crippen molar-refractivity contribution in [1.29, 1.82) is 0 Å². The maximum absolute atomic E-state index is 13.3. The lowest BCUT2D eigenvalue weighted by Gasteiger charge is -2.28. The Morgan fingerprint density at radius 3 is 2.55 bits per heavy atom. The first-order valence-electron chi connectivity index (χ1n) is 9.55. The highest BCUT2D eigenvalue weighted by atomic mass is 19.4. The molecular formula is C22H18F3N3O3. The fourth-order valence-corrected chi connectivity index (χ4v) is 3.76. The number of piperazine rings is 1. The quantitative estimate of drug-likeness (QED) is 0.663. The van der Waals surface area contributed by atoms with Crippen molar-refractivity contribution in [1.82, 2.24) is 15.2 Å². The van der Waals surface area contributed by atoms with E-state index in [9.17, 15) is 27.9 Å². The maximum Gasteiger partial charge on any atom is 0.416 e. The van der Waals surface area contributed by atoms with Crippen LogP contribution in [-0.4, -0.2) is 46.5 Å². The Kier molecular flexibility index (Phi) is 5.36. The summed E-state index contributed by atoms with van der Waals surface area (Å²) in [5.74, 6) is -1.54. The molecule has 160 valence electrons. The summed E-state index contributed by atoms with van der Waals surface area (Å²) in [6, 6.07) is 11.8. The molecule has 2 heterocycles. The molecule has 6 nitrogen and oxygen atoms in total. The number of carboxylic acids is 1. The number of hydrogen-bond acceptors (Lipinski definition) is 4. The average Bonchev–Trinajstić information content (AvgIpc) is 2.72. The highest BCUT2D eigenvalue weighted by molar-refractivity contribution is 6.06. The van der Waals surface area contributed by atoms with E-state index in [-0.39, 0.29) is 41.0 Å². The van der Waals surface area contributed by atoms with E-state index in [1.807, 2.05) is 0 Å². The number of nitrogens with zero attached hydrogens (tertiary/aromatic N) is 2. The van der Waals surface area contributed by atoms with Crippen molar-refractivity contribution in [2.75, 3.05) is 19.6 Å². The molecule has 1 amide bonds. The van der Waals surface area contributed by atoms with Crippen LogP contribution in [-0.2, 0) is 17.5 Å². The molecule has 0 saturated carbocycles. The molecule has 0 unspecified atom stereocenters. The van der Waals surface area contributed by atoms with Gasteiger partial charge in [0.2, 0.25) is 5.91 Å². The normalized spacial score (nSPS) is 15.1. The summed E-state index contributed by atoms with van der Waals surface area (Å²) in [6.07, 6.45) is -4.62. The zero-order valence-corrected chi connectivity index (χ0v) is 16.2. The summed E-state index contributed by atoms with van der Waals surface area (Å²) in [5.41, 5.74) is 0.269. The van der Waals surface area contributed by atoms with Crippen LogP contribution in [0.3, 0.4) is 0 Å². The van der Waals surface area contributed by atoms with Gasteiger partial charge in [-0.05, 0) is 18.2 Å². The van der Waals surface area contributed by atoms with Crippen LogP contribution in [0.2, 0.25) is 0 Å². The Balaban J connectivity index is 1.98. The molecule has 1 aromatic heterocycles. The second-order valence-corrected chi connectivity index (χ2v) is 7.28. The summed E-state index contributed by atoms with van der Waals surface area (Å²) in [6.45, 7) is 1.02. The van der Waals surface area contributed by atoms with Crippen LogP contribution >= 0.6 is 0 Å². The van der Waals surface area contributed by atoms with Crippen molar-refractivity contribution in [3.05, 3.63) is 65.2 Å². The summed E-state index contributed by atoms with van der Waals surface area (Å²) >= 11 is 0. The van der Waals surface area contributed by atoms with Crippen molar-refractivity contribution < 1.29 is 27.9 Å². The lowest BCUT2D eigenvalue weighted by molar-refractivity contribution is -0.137. The SMILES string of the molecule is O=C1CN(Cc2c(-c3ccccc3)nc3ccc(C(F)(F)F)cc3c2C(=O)O)CCN1. The number of aromatic carboxylic acids is 1. The molecule has 3 aromatic rings. The topological polar surface area (TPSA) is 82.5 Å². The predicted molar refractivity (Wildman–Crippen MR) is 107 cm³/mol. The van der Waals surface area contributed by atoms with Gasteiger partial charge in [0.05, 0.1) is 28.9 Å². The van der Waals surface area contributed by atoms with Crippen LogP contribution in [0.25, 0.3) is 22.2 Å². The van der Waals surface area contributed by atoms with Crippen LogP contribution in [0.1, 0.15) is 21.5 Å². The Hall–Kier alpha value is -3.46. The molecule has 0 aliphatic carbocycles. The lowest BCUT2D eigenvalue weighted by Crippen LogP contribution is -2.47. The first kappa shape index (κ1) is 20.8. The smallest absolute Gasteiger partial charge is 0.416 e. The zero-order valence-electron chi connectivity index (χ0n) is 16.2. The fourth-order valence-electron chi connectivity index (χ4n) is 3.76. The fraction of sp³-hybridized carbons (Fsp3) is 0.227. The van der Waals surface area contributed by atoms with E-state index in [0.29, 0.717) is 24.3 Å². The number of hydrogen-bond donors (Lipinski definition) is 2. The van der Waals surface area contributed by atoms with Crippen molar-refractivity contribution >= 4 is 22.8 Å². The van der Waals surface area contributed by atoms with Gasteiger partial charge in [-0.25, -0.2) is 9.78 Å². The number of rotatable bonds is 4. The predicted octanol–water partition coefficient (Wildman–Crippen LogP) is 3.55. The number of amides is 1. The molecule has 31 heavy (non-hydrogen) atoms. The molecule has 1 aliphatic heterocycles. The monoisotopic (exact) mass is 429 g/mol. The Bertz CT molecular complexity index is 1160. The molecular weight excluding hydrogens is 411 g/mol. The number of carbonyl (C=O) groups excluding carboxylic acids is 1. The van der Waals surface area contributed by atoms with Crippen molar-refractivity contribution in [2.45, 2.75) is 12.7 Å². The molecule has 0 bridgehead atoms. The third kappa shape index (κ3) is 4.22. The molecule has 0 atom stereocenters. The summed E-state index contributed by atoms with van der Waals surface area (Å²) in [7, 11) is 0. The highest BCUT2D eigenvalue weighted by Gasteiger charge is 2.32. The minimum atomic E-state index is -4.62. The molecule has 2 aromatic carbocycles. The Morgan fingerprint density at radius 2 is 1.90 bits per heavy atom. The Morgan fingerprint density at radius 1 is 1.16 bits per heavy atom. The van der Waals surface area contributed by atoms with E-state index in [2.05, 4.69) is 10.3 Å². The van der Waals surface area contributed by atoms with Crippen molar-refractivity contribution in [2.24, 2.45) is 0 Å². The van der Waals surface area contributed by atoms with Crippen molar-refractivity contribution in [3.8, 4) is 11.3 Å². The lowest BCUT2D eigenvalue weighted by atomic mass is 9.95. The van der Waals surface area contributed by atoms with Crippen LogP contribution < -0.4 is 5.32 Å². The van der Waals surface area contributed by atoms with Crippen molar-refractivity contribution in [3.63, 3.8) is 0 Å². The van der Waals surface area contributed by atoms with E-state index < -0.39 is 17.7 Å². The third-order valence-corrected chi connectivity index (χ3v) is 5.17. The molecule has 1 saturated heterocycles. The van der Waals surface area contributed by atoms with E-state index in [1.54, 1.807) is 35.2 Å². The Labute approximate surface area is 175 Å². The number of benzene rings is 2. The maximum atomic E-state index is 13.3. The summed E-state index contributed by atoms with van der Waals surface area (Å²) in [4.78, 5) is 30.4. The van der Waals surface area contributed by atoms with Gasteiger partial charge in [0.25, 0.3) is 0 Å². The molecule has 1 aliphatic rings. The zero-order chi connectivity index (χ0) is 22.2. The van der Waals surface area contributed by atoms with E-state index >= 15 is 0 Å². The first-order chi connectivity index (χ1) is 14.7. The highest BCUT2D eigenvalue weighted by Crippen LogP contribution is 2.36. The summed E-state index contributed by atoms with van der Waals surface area (Å²) in [5, 5.41) is 12.6. The van der Waals surface area contributed by atoms with Gasteiger partial charge >= 0.3 is 12.1 Å². The number of halogens is 3. The van der Waals surface area contributed by atoms with Crippen LogP contribution in [0.5, 0.6) is 0 Å². The summed E-state index contributed by atoms with van der Waals surface area (Å²) < 4.78 is 39.9. The van der Waals surface area contributed by atoms with Gasteiger partial charge in [0.1, 0.15) is 0 Å². The minimum Gasteiger partial charge on any atom is -0.478 e. The number of fused-ring (bicyclic) bond motifs is 1. The largest absolute Gasteiger partial charge is 0.478 e. The van der Waals surface area contributed by atoms with E-state index in [1.165, 1.54) is 6.07 Å². The number of nitrogens with one attached hydrogen (secondary N) is 1. The third-order valence-electron chi connectivity index (χ3n) is 5.17. The van der Waals surface area contributed by atoms with Gasteiger partial charge in [0.15, 0.2) is 0 Å². The molecule has 0 spiro atoms. The van der Waals surface area contributed by atoms with Crippen LogP contribution in [0, 0.1) is 0 Å². The van der Waals surface area contributed by atoms with Gasteiger partial charge in [-0.3, -0.25) is 9.69 Å². The van der Waals surface area contributed by atoms with Gasteiger partial charge < -0.3 is 10.4 Å². The first-order valence-corrected chi connectivity index (χ1v) is 9.55. The molecule has 2 N–H and O–H groups in total. The number of aromatic nitrogens is 1. The second kappa shape index (κ2) is 7.99. The van der Waals surface area contributed by atoms with E-state index in [4.69, 9.17) is 0 Å². The van der Waals surface area contributed by atoms with Gasteiger partial charge in [-0.1, -0.05) is 30.3 Å². The minimum absolute atomic E-state index is 0.0634. The van der Waals surface area contributed by atoms with Crippen LogP contribution in [0.15, 0.2) is 48.5 Å². The molecule has 1 fully saturated rings. The van der Waals surface area contributed by atoms with Gasteiger partial charge in [0, 0.05) is 36.1 Å². The number of carbonyl (C=O) groups is 2. The molecule has 9 heteroatoms. The van der Waals surface area contributed by atoms with Crippen LogP contribution in [0.4, 0.5) is 13.2 Å².